The fourth-order valence-electron chi connectivity index (χ4n) is 1.42. The average molecular weight is 206 g/mol. The molecule has 15 heavy (non-hydrogen) atoms. The summed E-state index contributed by atoms with van der Waals surface area (Å²) in [5.74, 6) is -0.428. The van der Waals surface area contributed by atoms with Crippen LogP contribution in [0.2, 0.25) is 0 Å². The standard InChI is InChI=1S/C9H10N4O2/c1-5-8(9(14)15)13-7(11-5)4-3-6(10-2)12-13/h3-4H,1-2H3,(H,10,12)(H,14,15). The second-order valence-electron chi connectivity index (χ2n) is 3.09. The van der Waals surface area contributed by atoms with Crippen LogP contribution in [-0.2, 0) is 0 Å². The van der Waals surface area contributed by atoms with Gasteiger partial charge in [0.15, 0.2) is 11.3 Å². The average Bonchev–Trinajstić information content (AvgIpc) is 2.52. The summed E-state index contributed by atoms with van der Waals surface area (Å²) < 4.78 is 1.32. The van der Waals surface area contributed by atoms with E-state index in [0.29, 0.717) is 17.2 Å². The largest absolute Gasteiger partial charge is 0.476 e. The van der Waals surface area contributed by atoms with Crippen molar-refractivity contribution >= 4 is 17.4 Å². The molecular weight excluding hydrogens is 196 g/mol. The fraction of sp³-hybridized carbons (Fsp3) is 0.222. The first kappa shape index (κ1) is 9.45. The normalized spacial score (nSPS) is 10.5. The Bertz CT molecular complexity index is 532. The van der Waals surface area contributed by atoms with Crippen molar-refractivity contribution < 1.29 is 9.90 Å². The van der Waals surface area contributed by atoms with Crippen molar-refractivity contribution in [1.82, 2.24) is 14.6 Å². The molecule has 0 aliphatic rings. The molecule has 0 unspecified atom stereocenters. The minimum Gasteiger partial charge on any atom is -0.476 e. The number of carboxylic acid groups (broad SMARTS) is 1. The van der Waals surface area contributed by atoms with Gasteiger partial charge >= 0.3 is 5.97 Å². The zero-order valence-electron chi connectivity index (χ0n) is 8.35. The molecule has 0 amide bonds. The number of nitrogens with one attached hydrogen (secondary N) is 1. The van der Waals surface area contributed by atoms with E-state index < -0.39 is 5.97 Å². The number of aromatic nitrogens is 3. The quantitative estimate of drug-likeness (QED) is 0.758. The van der Waals surface area contributed by atoms with Crippen LogP contribution in [0.4, 0.5) is 5.82 Å². The molecule has 0 fully saturated rings. The predicted molar refractivity (Wildman–Crippen MR) is 54.2 cm³/mol. The molecule has 2 aromatic rings. The van der Waals surface area contributed by atoms with E-state index in [1.54, 1.807) is 26.1 Å². The molecule has 0 saturated carbocycles. The van der Waals surface area contributed by atoms with Crippen molar-refractivity contribution in [3.8, 4) is 0 Å². The summed E-state index contributed by atoms with van der Waals surface area (Å²) in [6.07, 6.45) is 0. The molecule has 0 saturated heterocycles. The van der Waals surface area contributed by atoms with Crippen LogP contribution in [0.25, 0.3) is 5.65 Å². The van der Waals surface area contributed by atoms with Crippen molar-refractivity contribution in [2.75, 3.05) is 12.4 Å². The van der Waals surface area contributed by atoms with Gasteiger partial charge in [-0.25, -0.2) is 14.3 Å². The van der Waals surface area contributed by atoms with Gasteiger partial charge in [0.1, 0.15) is 5.82 Å². The molecule has 0 bridgehead atoms. The Morgan fingerprint density at radius 3 is 2.87 bits per heavy atom. The van der Waals surface area contributed by atoms with Gasteiger partial charge in [-0.15, -0.1) is 5.10 Å². The highest BCUT2D eigenvalue weighted by Crippen LogP contribution is 2.12. The number of anilines is 1. The maximum Gasteiger partial charge on any atom is 0.356 e. The first-order valence-electron chi connectivity index (χ1n) is 4.41. The highest BCUT2D eigenvalue weighted by molar-refractivity contribution is 5.88. The molecule has 2 heterocycles. The van der Waals surface area contributed by atoms with Crippen LogP contribution in [0.5, 0.6) is 0 Å². The van der Waals surface area contributed by atoms with Crippen LogP contribution < -0.4 is 5.32 Å². The lowest BCUT2D eigenvalue weighted by Gasteiger charge is -2.00. The molecule has 0 aromatic carbocycles. The summed E-state index contributed by atoms with van der Waals surface area (Å²) in [7, 11) is 1.72. The van der Waals surface area contributed by atoms with E-state index in [1.165, 1.54) is 4.52 Å². The summed E-state index contributed by atoms with van der Waals surface area (Å²) in [6.45, 7) is 1.65. The van der Waals surface area contributed by atoms with E-state index in [-0.39, 0.29) is 5.69 Å². The smallest absolute Gasteiger partial charge is 0.356 e. The van der Waals surface area contributed by atoms with E-state index >= 15 is 0 Å². The number of hydrogen-bond donors (Lipinski definition) is 2. The molecule has 2 N–H and O–H groups in total. The van der Waals surface area contributed by atoms with E-state index in [9.17, 15) is 4.79 Å². The first-order valence-corrected chi connectivity index (χ1v) is 4.41. The zero-order valence-corrected chi connectivity index (χ0v) is 8.35. The van der Waals surface area contributed by atoms with E-state index in [0.717, 1.165) is 0 Å². The van der Waals surface area contributed by atoms with Gasteiger partial charge < -0.3 is 10.4 Å². The maximum atomic E-state index is 11.0. The second kappa shape index (κ2) is 3.23. The number of carbonyl (C=O) groups is 1. The Morgan fingerprint density at radius 2 is 2.27 bits per heavy atom. The first-order chi connectivity index (χ1) is 7.13. The minimum absolute atomic E-state index is 0.0992. The number of nitrogens with zero attached hydrogens (tertiary/aromatic N) is 3. The third kappa shape index (κ3) is 1.39. The number of aromatic carboxylic acids is 1. The Labute approximate surface area is 85.6 Å². The number of fused-ring (bicyclic) bond motifs is 1. The van der Waals surface area contributed by atoms with Crippen molar-refractivity contribution in [1.29, 1.82) is 0 Å². The van der Waals surface area contributed by atoms with Crippen molar-refractivity contribution in [2.45, 2.75) is 6.92 Å². The number of hydrogen-bond acceptors (Lipinski definition) is 4. The Morgan fingerprint density at radius 1 is 1.53 bits per heavy atom. The zero-order chi connectivity index (χ0) is 11.0. The van der Waals surface area contributed by atoms with Gasteiger partial charge in [-0.05, 0) is 19.1 Å². The molecule has 0 aliphatic heterocycles. The Hall–Kier alpha value is -2.11. The highest BCUT2D eigenvalue weighted by atomic mass is 16.4. The third-order valence-corrected chi connectivity index (χ3v) is 2.11. The van der Waals surface area contributed by atoms with Crippen molar-refractivity contribution in [3.63, 3.8) is 0 Å². The van der Waals surface area contributed by atoms with Gasteiger partial charge in [0, 0.05) is 7.05 Å². The van der Waals surface area contributed by atoms with E-state index in [1.807, 2.05) is 0 Å². The van der Waals surface area contributed by atoms with Crippen LogP contribution in [0.1, 0.15) is 16.2 Å². The molecular formula is C9H10N4O2. The Kier molecular flexibility index (Phi) is 2.03. The molecule has 0 radical (unpaired) electrons. The van der Waals surface area contributed by atoms with Gasteiger partial charge in [0.2, 0.25) is 0 Å². The number of carboxylic acids is 1. The van der Waals surface area contributed by atoms with Gasteiger partial charge in [-0.1, -0.05) is 0 Å². The molecule has 2 rings (SSSR count). The topological polar surface area (TPSA) is 79.5 Å². The fourth-order valence-corrected chi connectivity index (χ4v) is 1.42. The Balaban J connectivity index is 2.77. The van der Waals surface area contributed by atoms with Crippen molar-refractivity contribution in [2.24, 2.45) is 0 Å². The second-order valence-corrected chi connectivity index (χ2v) is 3.09. The molecule has 6 heteroatoms. The summed E-state index contributed by atoms with van der Waals surface area (Å²) in [5.41, 5.74) is 1.09. The predicted octanol–water partition coefficient (Wildman–Crippen LogP) is 0.778. The summed E-state index contributed by atoms with van der Waals surface area (Å²) >= 11 is 0. The van der Waals surface area contributed by atoms with Gasteiger partial charge in [-0.3, -0.25) is 0 Å². The monoisotopic (exact) mass is 206 g/mol. The lowest BCUT2D eigenvalue weighted by Crippen LogP contribution is -2.07. The lowest BCUT2D eigenvalue weighted by atomic mass is 10.3. The number of rotatable bonds is 2. The number of aryl methyl sites for hydroxylation is 1. The molecule has 0 aliphatic carbocycles. The van der Waals surface area contributed by atoms with Crippen LogP contribution in [0.3, 0.4) is 0 Å². The van der Waals surface area contributed by atoms with E-state index in [4.69, 9.17) is 5.11 Å². The lowest BCUT2D eigenvalue weighted by molar-refractivity contribution is 0.0687. The molecule has 6 nitrogen and oxygen atoms in total. The summed E-state index contributed by atoms with van der Waals surface area (Å²) in [4.78, 5) is 15.1. The molecule has 2 aromatic heterocycles. The van der Waals surface area contributed by atoms with Crippen LogP contribution >= 0.6 is 0 Å². The van der Waals surface area contributed by atoms with Crippen LogP contribution in [0.15, 0.2) is 12.1 Å². The van der Waals surface area contributed by atoms with Gasteiger partial charge in [-0.2, -0.15) is 0 Å². The highest BCUT2D eigenvalue weighted by Gasteiger charge is 2.16. The van der Waals surface area contributed by atoms with Gasteiger partial charge in [0.25, 0.3) is 0 Å². The minimum atomic E-state index is -1.03. The molecule has 0 spiro atoms. The molecule has 78 valence electrons. The van der Waals surface area contributed by atoms with Crippen LogP contribution in [-0.4, -0.2) is 32.7 Å². The summed E-state index contributed by atoms with van der Waals surface area (Å²) in [6, 6.07) is 3.46. The maximum absolute atomic E-state index is 11.0. The molecule has 0 atom stereocenters. The van der Waals surface area contributed by atoms with Crippen molar-refractivity contribution in [3.05, 3.63) is 23.5 Å². The summed E-state index contributed by atoms with van der Waals surface area (Å²) in [5, 5.41) is 15.9. The van der Waals surface area contributed by atoms with E-state index in [2.05, 4.69) is 15.4 Å². The third-order valence-electron chi connectivity index (χ3n) is 2.11. The number of imidazole rings is 1. The van der Waals surface area contributed by atoms with Gasteiger partial charge in [0.05, 0.1) is 5.69 Å². The van der Waals surface area contributed by atoms with Crippen LogP contribution in [0, 0.1) is 6.92 Å². The SMILES string of the molecule is CNc1ccc2nc(C)c(C(=O)O)n2n1.